The van der Waals surface area contributed by atoms with Crippen molar-refractivity contribution in [2.75, 3.05) is 0 Å². The number of hydrogen-bond acceptors (Lipinski definition) is 5. The number of unbranched alkanes of at least 4 members (excludes halogenated alkanes) is 11. The van der Waals surface area contributed by atoms with E-state index in [1.54, 1.807) is 41.5 Å². The van der Waals surface area contributed by atoms with Gasteiger partial charge in [-0.25, -0.2) is 0 Å². The third-order valence-corrected chi connectivity index (χ3v) is 3.64. The summed E-state index contributed by atoms with van der Waals surface area (Å²) in [6.07, 6.45) is 19.6. The maximum Gasteiger partial charge on any atom is 4.00 e. The maximum atomic E-state index is 10.2. The Morgan fingerprint density at radius 2 is 0.879 bits per heavy atom. The zero-order valence-corrected chi connectivity index (χ0v) is 24.4. The van der Waals surface area contributed by atoms with E-state index >= 15 is 0 Å². The summed E-state index contributed by atoms with van der Waals surface area (Å²) < 4.78 is 0. The van der Waals surface area contributed by atoms with E-state index < -0.39 is 24.3 Å². The predicted octanol–water partition coefficient (Wildman–Crippen LogP) is 4.04. The quantitative estimate of drug-likeness (QED) is 0.189. The summed E-state index contributed by atoms with van der Waals surface area (Å²) >= 11 is 0. The van der Waals surface area contributed by atoms with Crippen LogP contribution in [0.3, 0.4) is 0 Å². The molecule has 0 unspecified atom stereocenters. The molecular formula is C27H54O5Ti. The minimum Gasteiger partial charge on any atom is -0.852 e. The van der Waals surface area contributed by atoms with Gasteiger partial charge < -0.3 is 25.2 Å². The van der Waals surface area contributed by atoms with Gasteiger partial charge in [0.15, 0.2) is 0 Å². The van der Waals surface area contributed by atoms with Crippen LogP contribution >= 0.6 is 0 Å². The average molecular weight is 507 g/mol. The molecule has 0 spiro atoms. The monoisotopic (exact) mass is 506 g/mol. The van der Waals surface area contributed by atoms with Crippen LogP contribution in [0.25, 0.3) is 0 Å². The second-order valence-corrected chi connectivity index (χ2v) is 8.85. The van der Waals surface area contributed by atoms with E-state index in [1.165, 1.54) is 64.2 Å². The van der Waals surface area contributed by atoms with Crippen molar-refractivity contribution in [1.82, 2.24) is 0 Å². The molecule has 0 aliphatic carbocycles. The molecule has 5 nitrogen and oxygen atoms in total. The minimum atomic E-state index is -0.914. The molecule has 33 heavy (non-hydrogen) atoms. The van der Waals surface area contributed by atoms with Gasteiger partial charge in [-0.2, -0.15) is 0 Å². The number of allylic oxidation sites excluding steroid dienone is 2. The van der Waals surface area contributed by atoms with Gasteiger partial charge in [-0.15, -0.1) is 18.3 Å². The van der Waals surface area contributed by atoms with Crippen molar-refractivity contribution in [2.24, 2.45) is 0 Å². The summed E-state index contributed by atoms with van der Waals surface area (Å²) in [5.41, 5.74) is 0. The molecule has 0 aromatic heterocycles. The third-order valence-electron chi connectivity index (χ3n) is 3.64. The van der Waals surface area contributed by atoms with Crippen molar-refractivity contribution in [3.8, 4) is 0 Å². The van der Waals surface area contributed by atoms with Gasteiger partial charge in [0.25, 0.3) is 0 Å². The van der Waals surface area contributed by atoms with Crippen LogP contribution in [0.4, 0.5) is 0 Å². The van der Waals surface area contributed by atoms with Crippen molar-refractivity contribution < 1.29 is 46.9 Å². The van der Waals surface area contributed by atoms with E-state index in [2.05, 4.69) is 19.1 Å². The molecule has 0 N–H and O–H groups in total. The van der Waals surface area contributed by atoms with Crippen LogP contribution in [0, 0.1) is 0 Å². The van der Waals surface area contributed by atoms with Gasteiger partial charge in [0.2, 0.25) is 0 Å². The molecule has 0 bridgehead atoms. The van der Waals surface area contributed by atoms with Gasteiger partial charge in [-0.1, -0.05) is 112 Å². The maximum absolute atomic E-state index is 10.2. The predicted molar refractivity (Wildman–Crippen MR) is 130 cm³/mol. The normalized spacial score (nSPS) is 10.1. The second-order valence-electron chi connectivity index (χ2n) is 8.85. The van der Waals surface area contributed by atoms with Crippen LogP contribution in [-0.4, -0.2) is 24.3 Å². The van der Waals surface area contributed by atoms with Crippen LogP contribution in [-0.2, 0) is 26.5 Å². The SMILES string of the molecule is CC(C)[O-].CC(C)[O-].CC(C)[O-].CCCCCCCC/C=C\CCCCCCCC(=O)[O-].[Ti+4]. The van der Waals surface area contributed by atoms with Crippen molar-refractivity contribution in [3.63, 3.8) is 0 Å². The zero-order chi connectivity index (χ0) is 25.6. The molecule has 0 amide bonds. The molecule has 0 aromatic rings. The van der Waals surface area contributed by atoms with E-state index in [1.807, 2.05) is 0 Å². The molecule has 0 saturated heterocycles. The summed E-state index contributed by atoms with van der Waals surface area (Å²) in [6.45, 7) is 11.9. The number of carbonyl (C=O) groups excluding carboxylic acids is 1. The Bertz CT molecular complexity index is 336. The Morgan fingerprint density at radius 3 is 1.18 bits per heavy atom. The fourth-order valence-electron chi connectivity index (χ4n) is 2.34. The molecule has 0 radical (unpaired) electrons. The van der Waals surface area contributed by atoms with Crippen molar-refractivity contribution in [3.05, 3.63) is 12.2 Å². The zero-order valence-electron chi connectivity index (χ0n) is 22.8. The molecule has 6 heteroatoms. The Labute approximate surface area is 221 Å². The smallest absolute Gasteiger partial charge is 0.852 e. The fourth-order valence-corrected chi connectivity index (χ4v) is 2.34. The van der Waals surface area contributed by atoms with Crippen LogP contribution < -0.4 is 20.4 Å². The molecule has 0 fully saturated rings. The van der Waals surface area contributed by atoms with Crippen LogP contribution in [0.15, 0.2) is 12.2 Å². The Morgan fingerprint density at radius 1 is 0.606 bits per heavy atom. The van der Waals surface area contributed by atoms with Crippen LogP contribution in [0.2, 0.25) is 0 Å². The second kappa shape index (κ2) is 39.0. The van der Waals surface area contributed by atoms with Crippen molar-refractivity contribution in [2.45, 2.75) is 157 Å². The first-order valence-electron chi connectivity index (χ1n) is 12.8. The molecule has 0 aromatic carbocycles. The van der Waals surface area contributed by atoms with Crippen molar-refractivity contribution >= 4 is 5.97 Å². The molecule has 0 heterocycles. The first kappa shape index (κ1) is 42.9. The van der Waals surface area contributed by atoms with Gasteiger partial charge in [-0.3, -0.25) is 0 Å². The summed E-state index contributed by atoms with van der Waals surface area (Å²) in [6, 6.07) is 0. The number of rotatable bonds is 15. The molecule has 0 aliphatic rings. The molecule has 196 valence electrons. The number of aliphatic carboxylic acids is 1. The molecule has 0 saturated carbocycles. The third kappa shape index (κ3) is 100. The topological polar surface area (TPSA) is 109 Å². The first-order valence-corrected chi connectivity index (χ1v) is 12.8. The van der Waals surface area contributed by atoms with E-state index in [4.69, 9.17) is 0 Å². The van der Waals surface area contributed by atoms with Gasteiger partial charge in [0, 0.05) is 5.97 Å². The van der Waals surface area contributed by atoms with E-state index in [9.17, 15) is 25.2 Å². The van der Waals surface area contributed by atoms with Gasteiger partial charge in [0.05, 0.1) is 0 Å². The van der Waals surface area contributed by atoms with Crippen LogP contribution in [0.1, 0.15) is 138 Å². The largest absolute Gasteiger partial charge is 4.00 e. The number of hydrogen-bond donors (Lipinski definition) is 0. The fraction of sp³-hybridized carbons (Fsp3) is 0.889. The molecule has 0 aliphatic heterocycles. The summed E-state index contributed by atoms with van der Waals surface area (Å²) in [5, 5.41) is 38.8. The Balaban J connectivity index is -0.000000165. The average Bonchev–Trinajstić information content (AvgIpc) is 2.63. The van der Waals surface area contributed by atoms with Crippen molar-refractivity contribution in [1.29, 1.82) is 0 Å². The molecule has 0 atom stereocenters. The van der Waals surface area contributed by atoms with E-state index in [0.717, 1.165) is 19.3 Å². The molecule has 0 rings (SSSR count). The van der Waals surface area contributed by atoms with Gasteiger partial charge in [-0.05, 0) is 38.5 Å². The Kier molecular flexibility index (Phi) is 50.8. The van der Waals surface area contributed by atoms with Gasteiger partial charge >= 0.3 is 21.7 Å². The summed E-state index contributed by atoms with van der Waals surface area (Å²) in [7, 11) is 0. The number of carbonyl (C=O) groups is 1. The summed E-state index contributed by atoms with van der Waals surface area (Å²) in [4.78, 5) is 10.2. The standard InChI is InChI=1S/C18H34O2.3C3H7O.Ti/c1-2-3-4-5-6-7-8-9-10-11-12-13-14-15-16-17-18(19)20;3*1-3(2)4;/h9-10H,2-8,11-17H2,1H3,(H,19,20);3*3H,1-2H3;/q;3*-1;+4/p-1/b10-9-;;;;. The number of carboxylic acids is 1. The van der Waals surface area contributed by atoms with Crippen LogP contribution in [0.5, 0.6) is 0 Å². The minimum absolute atomic E-state index is 0. The first-order chi connectivity index (χ1) is 15.0. The summed E-state index contributed by atoms with van der Waals surface area (Å²) in [5.74, 6) is -0.914. The number of carboxylic acid groups (broad SMARTS) is 1. The molecular weight excluding hydrogens is 452 g/mol. The van der Waals surface area contributed by atoms with E-state index in [0.29, 0.717) is 0 Å². The Hall–Kier alpha value is -0.196. The van der Waals surface area contributed by atoms with E-state index in [-0.39, 0.29) is 28.1 Å². The van der Waals surface area contributed by atoms with Gasteiger partial charge in [0.1, 0.15) is 0 Å².